The third-order valence-electron chi connectivity index (χ3n) is 5.63. The summed E-state index contributed by atoms with van der Waals surface area (Å²) in [5.74, 6) is 1.01. The Hall–Kier alpha value is -3.06. The van der Waals surface area contributed by atoms with Gasteiger partial charge in [0.25, 0.3) is 5.91 Å². The number of hydrogen-bond acceptors (Lipinski definition) is 6. The van der Waals surface area contributed by atoms with Crippen LogP contribution in [0.4, 0.5) is 11.4 Å². The van der Waals surface area contributed by atoms with Crippen molar-refractivity contribution in [2.75, 3.05) is 50.2 Å². The van der Waals surface area contributed by atoms with Gasteiger partial charge < -0.3 is 14.4 Å². The van der Waals surface area contributed by atoms with Crippen molar-refractivity contribution in [3.8, 4) is 11.5 Å². The molecule has 7 nitrogen and oxygen atoms in total. The second-order valence-corrected chi connectivity index (χ2v) is 7.15. The van der Waals surface area contributed by atoms with Crippen LogP contribution in [0.25, 0.3) is 0 Å². The standard InChI is InChI=1S/C22H25N3O4/c1-28-19-9-5-3-7-16(19)23-11-13-24(14-12-23)18-15-21(26)25(22(18)27)17-8-4-6-10-20(17)29-2/h3-10,18H,11-15H2,1-2H3/t18-/m1/s1. The van der Waals surface area contributed by atoms with Gasteiger partial charge in [-0.3, -0.25) is 14.5 Å². The maximum Gasteiger partial charge on any atom is 0.251 e. The highest BCUT2D eigenvalue weighted by molar-refractivity contribution is 6.23. The number of methoxy groups -OCH3 is 2. The minimum atomic E-state index is -0.424. The predicted molar refractivity (Wildman–Crippen MR) is 111 cm³/mol. The van der Waals surface area contributed by atoms with Gasteiger partial charge in [0.05, 0.1) is 38.1 Å². The summed E-state index contributed by atoms with van der Waals surface area (Å²) >= 11 is 0. The van der Waals surface area contributed by atoms with E-state index in [1.807, 2.05) is 30.3 Å². The summed E-state index contributed by atoms with van der Waals surface area (Å²) in [6, 6.07) is 14.6. The molecule has 152 valence electrons. The number of benzene rings is 2. The van der Waals surface area contributed by atoms with Crippen molar-refractivity contribution < 1.29 is 19.1 Å². The maximum absolute atomic E-state index is 13.1. The number of amides is 2. The SMILES string of the molecule is COc1ccccc1N1CCN([C@@H]2CC(=O)N(c3ccccc3OC)C2=O)CC1. The molecule has 1 atom stereocenters. The fourth-order valence-corrected chi connectivity index (χ4v) is 4.13. The maximum atomic E-state index is 13.1. The Balaban J connectivity index is 1.47. The third-order valence-corrected chi connectivity index (χ3v) is 5.63. The molecule has 0 saturated carbocycles. The highest BCUT2D eigenvalue weighted by atomic mass is 16.5. The molecule has 0 aromatic heterocycles. The molecule has 2 aliphatic heterocycles. The van der Waals surface area contributed by atoms with Crippen LogP contribution in [0.2, 0.25) is 0 Å². The Kier molecular flexibility index (Phi) is 5.40. The molecule has 0 aliphatic carbocycles. The average Bonchev–Trinajstić information content (AvgIpc) is 3.07. The van der Waals surface area contributed by atoms with Gasteiger partial charge in [-0.2, -0.15) is 0 Å². The molecule has 2 aromatic rings. The van der Waals surface area contributed by atoms with E-state index >= 15 is 0 Å². The summed E-state index contributed by atoms with van der Waals surface area (Å²) < 4.78 is 10.8. The summed E-state index contributed by atoms with van der Waals surface area (Å²) in [5, 5.41) is 0. The summed E-state index contributed by atoms with van der Waals surface area (Å²) in [7, 11) is 3.21. The lowest BCUT2D eigenvalue weighted by Crippen LogP contribution is -2.52. The number of nitrogens with zero attached hydrogens (tertiary/aromatic N) is 3. The van der Waals surface area contributed by atoms with Gasteiger partial charge in [-0.25, -0.2) is 4.90 Å². The van der Waals surface area contributed by atoms with Crippen molar-refractivity contribution in [1.29, 1.82) is 0 Å². The van der Waals surface area contributed by atoms with Crippen LogP contribution < -0.4 is 19.3 Å². The van der Waals surface area contributed by atoms with Crippen molar-refractivity contribution in [1.82, 2.24) is 4.90 Å². The number of hydrogen-bond donors (Lipinski definition) is 0. The first-order chi connectivity index (χ1) is 14.1. The van der Waals surface area contributed by atoms with E-state index in [1.165, 1.54) is 4.90 Å². The van der Waals surface area contributed by atoms with Gasteiger partial charge in [-0.05, 0) is 24.3 Å². The van der Waals surface area contributed by atoms with Crippen LogP contribution >= 0.6 is 0 Å². The highest BCUT2D eigenvalue weighted by Gasteiger charge is 2.44. The largest absolute Gasteiger partial charge is 0.495 e. The highest BCUT2D eigenvalue weighted by Crippen LogP contribution is 2.34. The van der Waals surface area contributed by atoms with E-state index in [9.17, 15) is 9.59 Å². The molecule has 2 amide bonds. The van der Waals surface area contributed by atoms with Gasteiger partial charge in [0.1, 0.15) is 11.5 Å². The lowest BCUT2D eigenvalue weighted by atomic mass is 10.1. The van der Waals surface area contributed by atoms with E-state index < -0.39 is 6.04 Å². The first-order valence-electron chi connectivity index (χ1n) is 9.76. The number of ether oxygens (including phenoxy) is 2. The van der Waals surface area contributed by atoms with E-state index in [1.54, 1.807) is 32.4 Å². The number of carbonyl (C=O) groups excluding carboxylic acids is 2. The summed E-state index contributed by atoms with van der Waals surface area (Å²) in [6.45, 7) is 2.96. The van der Waals surface area contributed by atoms with E-state index in [-0.39, 0.29) is 18.2 Å². The molecule has 0 radical (unpaired) electrons. The van der Waals surface area contributed by atoms with E-state index in [0.717, 1.165) is 24.5 Å². The molecule has 2 aromatic carbocycles. The molecule has 4 rings (SSSR count). The van der Waals surface area contributed by atoms with Gasteiger partial charge in [0, 0.05) is 26.2 Å². The number of para-hydroxylation sites is 4. The Bertz CT molecular complexity index is 908. The molecule has 29 heavy (non-hydrogen) atoms. The molecule has 0 bridgehead atoms. The van der Waals surface area contributed by atoms with Crippen molar-refractivity contribution >= 4 is 23.2 Å². The number of piperazine rings is 1. The van der Waals surface area contributed by atoms with Gasteiger partial charge in [-0.15, -0.1) is 0 Å². The number of imide groups is 1. The first-order valence-corrected chi connectivity index (χ1v) is 9.76. The zero-order valence-corrected chi connectivity index (χ0v) is 16.7. The molecule has 0 unspecified atom stereocenters. The second-order valence-electron chi connectivity index (χ2n) is 7.15. The number of carbonyl (C=O) groups is 2. The normalized spacial score (nSPS) is 20.3. The first kappa shape index (κ1) is 19.3. The Morgan fingerprint density at radius 3 is 1.97 bits per heavy atom. The molecule has 0 N–H and O–H groups in total. The smallest absolute Gasteiger partial charge is 0.251 e. The van der Waals surface area contributed by atoms with Crippen molar-refractivity contribution in [2.45, 2.75) is 12.5 Å². The van der Waals surface area contributed by atoms with Gasteiger partial charge >= 0.3 is 0 Å². The lowest BCUT2D eigenvalue weighted by molar-refractivity contribution is -0.123. The minimum absolute atomic E-state index is 0.176. The number of rotatable bonds is 5. The van der Waals surface area contributed by atoms with Crippen molar-refractivity contribution in [2.24, 2.45) is 0 Å². The molecule has 2 saturated heterocycles. The zero-order valence-electron chi connectivity index (χ0n) is 16.7. The summed E-state index contributed by atoms with van der Waals surface area (Å²) in [5.41, 5.74) is 1.57. The van der Waals surface area contributed by atoms with E-state index in [2.05, 4.69) is 9.80 Å². The molecular formula is C22H25N3O4. The van der Waals surface area contributed by atoms with Crippen molar-refractivity contribution in [3.05, 3.63) is 48.5 Å². The third kappa shape index (κ3) is 3.53. The summed E-state index contributed by atoms with van der Waals surface area (Å²) in [4.78, 5) is 31.4. The van der Waals surface area contributed by atoms with Gasteiger partial charge in [0.15, 0.2) is 0 Å². The van der Waals surface area contributed by atoms with Crippen LogP contribution in [-0.4, -0.2) is 63.2 Å². The Morgan fingerprint density at radius 1 is 0.793 bits per heavy atom. The van der Waals surface area contributed by atoms with Gasteiger partial charge in [-0.1, -0.05) is 24.3 Å². The lowest BCUT2D eigenvalue weighted by Gasteiger charge is -2.38. The second kappa shape index (κ2) is 8.13. The van der Waals surface area contributed by atoms with Crippen molar-refractivity contribution in [3.63, 3.8) is 0 Å². The van der Waals surface area contributed by atoms with Crippen LogP contribution in [0.15, 0.2) is 48.5 Å². The van der Waals surface area contributed by atoms with Crippen LogP contribution in [0.3, 0.4) is 0 Å². The predicted octanol–water partition coefficient (Wildman–Crippen LogP) is 2.16. The van der Waals surface area contributed by atoms with Crippen LogP contribution in [0, 0.1) is 0 Å². The summed E-state index contributed by atoms with van der Waals surface area (Å²) in [6.07, 6.45) is 0.200. The fourth-order valence-electron chi connectivity index (χ4n) is 4.13. The molecule has 2 aliphatic rings. The van der Waals surface area contributed by atoms with Crippen LogP contribution in [0.5, 0.6) is 11.5 Å². The molecule has 7 heteroatoms. The Morgan fingerprint density at radius 2 is 1.34 bits per heavy atom. The van der Waals surface area contributed by atoms with E-state index in [4.69, 9.17) is 9.47 Å². The van der Waals surface area contributed by atoms with Crippen LogP contribution in [0.1, 0.15) is 6.42 Å². The number of anilines is 2. The fraction of sp³-hybridized carbons (Fsp3) is 0.364. The average molecular weight is 395 g/mol. The molecular weight excluding hydrogens is 370 g/mol. The van der Waals surface area contributed by atoms with E-state index in [0.29, 0.717) is 24.5 Å². The van der Waals surface area contributed by atoms with Gasteiger partial charge in [0.2, 0.25) is 5.91 Å². The minimum Gasteiger partial charge on any atom is -0.495 e. The topological polar surface area (TPSA) is 62.3 Å². The Labute approximate surface area is 170 Å². The molecule has 2 fully saturated rings. The molecule has 0 spiro atoms. The monoisotopic (exact) mass is 395 g/mol. The zero-order chi connectivity index (χ0) is 20.4. The molecule has 2 heterocycles. The van der Waals surface area contributed by atoms with Crippen LogP contribution in [-0.2, 0) is 9.59 Å². The quantitative estimate of drug-likeness (QED) is 0.723.